The number of hydrogen-bond donors (Lipinski definition) is 1. The molecule has 0 radical (unpaired) electrons. The van der Waals surface area contributed by atoms with Gasteiger partial charge >= 0.3 is 0 Å². The predicted molar refractivity (Wildman–Crippen MR) is 45.8 cm³/mol. The van der Waals surface area contributed by atoms with Crippen LogP contribution in [0.3, 0.4) is 0 Å². The summed E-state index contributed by atoms with van der Waals surface area (Å²) >= 11 is 0. The number of rotatable bonds is 1. The van der Waals surface area contributed by atoms with Crippen LogP contribution in [0.2, 0.25) is 0 Å². The largest absolute Gasteiger partial charge is 0.330 e. The Bertz CT molecular complexity index is 181. The summed E-state index contributed by atoms with van der Waals surface area (Å²) in [6.07, 6.45) is 4.83. The molecule has 1 nitrogen and oxygen atoms in total. The molecule has 0 aliphatic heterocycles. The maximum atomic E-state index is 5.65. The SMILES string of the molecule is NCC1C2CCC#CCCC12. The van der Waals surface area contributed by atoms with Crippen LogP contribution in [0.15, 0.2) is 0 Å². The molecule has 2 atom stereocenters. The molecule has 1 fully saturated rings. The second-order valence-electron chi connectivity index (χ2n) is 3.66. The minimum atomic E-state index is 0.844. The molecule has 2 aliphatic carbocycles. The van der Waals surface area contributed by atoms with Gasteiger partial charge in [0.05, 0.1) is 0 Å². The topological polar surface area (TPSA) is 26.0 Å². The molecule has 2 unspecified atom stereocenters. The second-order valence-corrected chi connectivity index (χ2v) is 3.66. The van der Waals surface area contributed by atoms with E-state index in [4.69, 9.17) is 5.73 Å². The lowest BCUT2D eigenvalue weighted by atomic mass is 10.1. The van der Waals surface area contributed by atoms with Crippen LogP contribution < -0.4 is 5.73 Å². The van der Waals surface area contributed by atoms with Crippen molar-refractivity contribution < 1.29 is 0 Å². The minimum Gasteiger partial charge on any atom is -0.330 e. The van der Waals surface area contributed by atoms with Crippen LogP contribution in [0, 0.1) is 29.6 Å². The molecule has 2 N–H and O–H groups in total. The van der Waals surface area contributed by atoms with Gasteiger partial charge in [0.15, 0.2) is 0 Å². The van der Waals surface area contributed by atoms with Crippen LogP contribution in [-0.4, -0.2) is 6.54 Å². The summed E-state index contributed by atoms with van der Waals surface area (Å²) in [5.74, 6) is 9.12. The Balaban J connectivity index is 1.93. The molecule has 0 saturated heterocycles. The molecule has 1 heteroatoms. The third kappa shape index (κ3) is 1.28. The number of fused-ring (bicyclic) bond motifs is 1. The molecular formula is C10H15N. The second kappa shape index (κ2) is 2.87. The Morgan fingerprint density at radius 3 is 2.09 bits per heavy atom. The van der Waals surface area contributed by atoms with E-state index >= 15 is 0 Å². The van der Waals surface area contributed by atoms with Crippen molar-refractivity contribution in [1.82, 2.24) is 0 Å². The first-order valence-corrected chi connectivity index (χ1v) is 4.59. The average molecular weight is 149 g/mol. The fourth-order valence-corrected chi connectivity index (χ4v) is 2.38. The summed E-state index contributed by atoms with van der Waals surface area (Å²) < 4.78 is 0. The van der Waals surface area contributed by atoms with Gasteiger partial charge in [-0.15, -0.1) is 11.8 Å². The van der Waals surface area contributed by atoms with Crippen LogP contribution in [0.4, 0.5) is 0 Å². The molecule has 2 aliphatic rings. The van der Waals surface area contributed by atoms with Crippen molar-refractivity contribution in [2.45, 2.75) is 25.7 Å². The van der Waals surface area contributed by atoms with Crippen LogP contribution in [-0.2, 0) is 0 Å². The molecule has 0 bridgehead atoms. The van der Waals surface area contributed by atoms with Crippen LogP contribution in [0.5, 0.6) is 0 Å². The molecule has 0 amide bonds. The van der Waals surface area contributed by atoms with Crippen molar-refractivity contribution in [2.24, 2.45) is 23.5 Å². The molecule has 0 aromatic heterocycles. The zero-order chi connectivity index (χ0) is 7.68. The van der Waals surface area contributed by atoms with E-state index in [-0.39, 0.29) is 0 Å². The van der Waals surface area contributed by atoms with Crippen molar-refractivity contribution in [1.29, 1.82) is 0 Å². The monoisotopic (exact) mass is 149 g/mol. The lowest BCUT2D eigenvalue weighted by Gasteiger charge is -1.96. The highest BCUT2D eigenvalue weighted by Crippen LogP contribution is 2.51. The van der Waals surface area contributed by atoms with Gasteiger partial charge in [0, 0.05) is 12.8 Å². The molecule has 2 rings (SSSR count). The molecule has 1 saturated carbocycles. The van der Waals surface area contributed by atoms with Gasteiger partial charge in [0.2, 0.25) is 0 Å². The zero-order valence-electron chi connectivity index (χ0n) is 6.84. The lowest BCUT2D eigenvalue weighted by molar-refractivity contribution is 0.618. The van der Waals surface area contributed by atoms with Gasteiger partial charge < -0.3 is 5.73 Å². The quantitative estimate of drug-likeness (QED) is 0.560. The highest BCUT2D eigenvalue weighted by Gasteiger charge is 2.47. The summed E-state index contributed by atoms with van der Waals surface area (Å²) in [6.45, 7) is 0.898. The predicted octanol–water partition coefficient (Wildman–Crippen LogP) is 1.38. The van der Waals surface area contributed by atoms with E-state index in [0.717, 1.165) is 37.1 Å². The third-order valence-electron chi connectivity index (χ3n) is 3.11. The summed E-state index contributed by atoms with van der Waals surface area (Å²) in [5, 5.41) is 0. The van der Waals surface area contributed by atoms with Gasteiger partial charge in [0.1, 0.15) is 0 Å². The van der Waals surface area contributed by atoms with Crippen molar-refractivity contribution in [3.8, 4) is 11.8 Å². The first-order chi connectivity index (χ1) is 5.43. The first-order valence-electron chi connectivity index (χ1n) is 4.59. The Labute approximate surface area is 68.4 Å². The van der Waals surface area contributed by atoms with Crippen LogP contribution >= 0.6 is 0 Å². The Kier molecular flexibility index (Phi) is 1.87. The fourth-order valence-electron chi connectivity index (χ4n) is 2.38. The smallest absolute Gasteiger partial charge is 0.00915 e. The number of nitrogens with two attached hydrogens (primary N) is 1. The summed E-state index contributed by atoms with van der Waals surface area (Å²) in [6, 6.07) is 0. The Hall–Kier alpha value is -0.480. The highest BCUT2D eigenvalue weighted by atomic mass is 14.7. The fraction of sp³-hybridized carbons (Fsp3) is 0.800. The van der Waals surface area contributed by atoms with E-state index in [1.807, 2.05) is 0 Å². The molecule has 0 heterocycles. The maximum absolute atomic E-state index is 5.65. The van der Waals surface area contributed by atoms with Gasteiger partial charge in [-0.2, -0.15) is 0 Å². The van der Waals surface area contributed by atoms with Gasteiger partial charge in [-0.1, -0.05) is 0 Å². The third-order valence-corrected chi connectivity index (χ3v) is 3.11. The zero-order valence-corrected chi connectivity index (χ0v) is 6.84. The van der Waals surface area contributed by atoms with Gasteiger partial charge in [-0.05, 0) is 37.1 Å². The normalized spacial score (nSPS) is 41.0. The molecule has 0 spiro atoms. The molecule has 0 aromatic rings. The standard InChI is InChI=1S/C10H15N/c11-7-10-8-5-3-1-2-4-6-9(8)10/h8-10H,3-7,11H2. The summed E-state index contributed by atoms with van der Waals surface area (Å²) in [4.78, 5) is 0. The van der Waals surface area contributed by atoms with Gasteiger partial charge in [-0.25, -0.2) is 0 Å². The molecular weight excluding hydrogens is 134 g/mol. The van der Waals surface area contributed by atoms with E-state index in [1.165, 1.54) is 12.8 Å². The first kappa shape index (κ1) is 7.18. The summed E-state index contributed by atoms with van der Waals surface area (Å²) in [5.41, 5.74) is 5.65. The Morgan fingerprint density at radius 1 is 1.09 bits per heavy atom. The van der Waals surface area contributed by atoms with Crippen LogP contribution in [0.1, 0.15) is 25.7 Å². The van der Waals surface area contributed by atoms with E-state index in [1.54, 1.807) is 0 Å². The van der Waals surface area contributed by atoms with Crippen molar-refractivity contribution in [3.05, 3.63) is 0 Å². The summed E-state index contributed by atoms with van der Waals surface area (Å²) in [7, 11) is 0. The van der Waals surface area contributed by atoms with E-state index in [2.05, 4.69) is 11.8 Å². The van der Waals surface area contributed by atoms with Gasteiger partial charge in [0.25, 0.3) is 0 Å². The minimum absolute atomic E-state index is 0.844. The molecule has 11 heavy (non-hydrogen) atoms. The van der Waals surface area contributed by atoms with Gasteiger partial charge in [-0.3, -0.25) is 0 Å². The van der Waals surface area contributed by atoms with Crippen LogP contribution in [0.25, 0.3) is 0 Å². The van der Waals surface area contributed by atoms with Crippen molar-refractivity contribution >= 4 is 0 Å². The van der Waals surface area contributed by atoms with E-state index < -0.39 is 0 Å². The van der Waals surface area contributed by atoms with Crippen molar-refractivity contribution in [2.75, 3.05) is 6.54 Å². The molecule has 60 valence electrons. The Morgan fingerprint density at radius 2 is 1.64 bits per heavy atom. The average Bonchev–Trinajstić information content (AvgIpc) is 2.60. The van der Waals surface area contributed by atoms with E-state index in [0.29, 0.717) is 0 Å². The highest BCUT2D eigenvalue weighted by molar-refractivity contribution is 5.07. The maximum Gasteiger partial charge on any atom is 0.00915 e. The van der Waals surface area contributed by atoms with Crippen molar-refractivity contribution in [3.63, 3.8) is 0 Å². The lowest BCUT2D eigenvalue weighted by Crippen LogP contribution is -2.03. The number of hydrogen-bond acceptors (Lipinski definition) is 1. The van der Waals surface area contributed by atoms with E-state index in [9.17, 15) is 0 Å². The molecule has 0 aromatic carbocycles.